The minimum absolute atomic E-state index is 0.00214. The first-order chi connectivity index (χ1) is 16.5. The molecule has 0 bridgehead atoms. The van der Waals surface area contributed by atoms with Gasteiger partial charge in [-0.05, 0) is 80.8 Å². The monoisotopic (exact) mass is 486 g/mol. The van der Waals surface area contributed by atoms with Crippen LogP contribution in [-0.2, 0) is 14.4 Å². The molecular weight excluding hydrogens is 448 g/mol. The van der Waals surface area contributed by atoms with Gasteiger partial charge in [-0.2, -0.15) is 0 Å². The van der Waals surface area contributed by atoms with Crippen LogP contribution in [0.4, 0.5) is 0 Å². The van der Waals surface area contributed by atoms with E-state index in [2.05, 4.69) is 31.2 Å². The number of hydrogen-bond acceptors (Lipinski definition) is 6. The molecule has 0 unspecified atom stereocenters. The van der Waals surface area contributed by atoms with Gasteiger partial charge in [0.2, 0.25) is 0 Å². The number of nitrogens with zero attached hydrogens (tertiary/aromatic N) is 2. The summed E-state index contributed by atoms with van der Waals surface area (Å²) in [7, 11) is 0. The number of carboxylic acids is 1. The van der Waals surface area contributed by atoms with Gasteiger partial charge in [0.25, 0.3) is 5.91 Å². The maximum atomic E-state index is 12.5. The Bertz CT molecular complexity index is 1000. The molecule has 5 aliphatic rings. The molecule has 1 aliphatic heterocycles. The number of amides is 1. The van der Waals surface area contributed by atoms with Gasteiger partial charge < -0.3 is 25.1 Å². The van der Waals surface area contributed by atoms with Crippen molar-refractivity contribution >= 4 is 17.6 Å². The number of carbonyl (C=O) groups is 2. The van der Waals surface area contributed by atoms with Crippen LogP contribution in [0.5, 0.6) is 0 Å². The Morgan fingerprint density at radius 3 is 2.66 bits per heavy atom. The predicted molar refractivity (Wildman–Crippen MR) is 129 cm³/mol. The number of β-amino-alcohol motifs (C(OH)–C–C–N with tert-alkyl or cyclic N) is 1. The zero-order valence-corrected chi connectivity index (χ0v) is 20.9. The lowest BCUT2D eigenvalue weighted by Crippen LogP contribution is -2.53. The number of oxime groups is 1. The molecule has 1 heterocycles. The van der Waals surface area contributed by atoms with Crippen molar-refractivity contribution in [1.82, 2.24) is 4.90 Å². The number of hydrogen-bond donors (Lipinski definition) is 3. The molecule has 4 fully saturated rings. The van der Waals surface area contributed by atoms with Crippen LogP contribution in [0.25, 0.3) is 0 Å². The summed E-state index contributed by atoms with van der Waals surface area (Å²) in [5, 5.41) is 34.3. The van der Waals surface area contributed by atoms with Crippen molar-refractivity contribution in [3.63, 3.8) is 0 Å². The van der Waals surface area contributed by atoms with Gasteiger partial charge in [-0.1, -0.05) is 30.7 Å². The Morgan fingerprint density at radius 2 is 1.91 bits per heavy atom. The van der Waals surface area contributed by atoms with Crippen molar-refractivity contribution in [3.05, 3.63) is 23.8 Å². The molecule has 3 saturated carbocycles. The normalized spacial score (nSPS) is 45.5. The van der Waals surface area contributed by atoms with Crippen LogP contribution in [0.2, 0.25) is 0 Å². The van der Waals surface area contributed by atoms with Crippen LogP contribution in [0.15, 0.2) is 29.0 Å². The minimum atomic E-state index is -1.12. The van der Waals surface area contributed by atoms with Crippen LogP contribution in [-0.4, -0.2) is 68.7 Å². The fourth-order valence-corrected chi connectivity index (χ4v) is 8.08. The number of aliphatic hydroxyl groups is 2. The van der Waals surface area contributed by atoms with E-state index in [4.69, 9.17) is 4.84 Å². The maximum absolute atomic E-state index is 12.5. The number of rotatable bonds is 4. The van der Waals surface area contributed by atoms with E-state index in [1.54, 1.807) is 0 Å². The third-order valence-corrected chi connectivity index (χ3v) is 10.4. The molecule has 35 heavy (non-hydrogen) atoms. The maximum Gasteiger partial charge on any atom is 0.326 e. The van der Waals surface area contributed by atoms with Crippen LogP contribution in [0, 0.1) is 28.6 Å². The van der Waals surface area contributed by atoms with E-state index in [0.717, 1.165) is 43.4 Å². The van der Waals surface area contributed by atoms with Gasteiger partial charge in [-0.15, -0.1) is 0 Å². The Kier molecular flexibility index (Phi) is 5.91. The molecule has 0 radical (unpaired) electrons. The second-order valence-corrected chi connectivity index (χ2v) is 12.0. The molecule has 5 rings (SSSR count). The molecule has 1 amide bonds. The van der Waals surface area contributed by atoms with E-state index < -0.39 is 29.6 Å². The third kappa shape index (κ3) is 3.84. The summed E-state index contributed by atoms with van der Waals surface area (Å²) in [6.45, 7) is 6.30. The molecule has 192 valence electrons. The topological polar surface area (TPSA) is 120 Å². The number of likely N-dealkylation sites (tertiary alicyclic amines) is 1. The van der Waals surface area contributed by atoms with Gasteiger partial charge in [-0.25, -0.2) is 4.79 Å². The summed E-state index contributed by atoms with van der Waals surface area (Å²) < 4.78 is 0. The second-order valence-electron chi connectivity index (χ2n) is 12.0. The molecule has 8 heteroatoms. The summed E-state index contributed by atoms with van der Waals surface area (Å²) >= 11 is 0. The van der Waals surface area contributed by atoms with E-state index in [1.807, 2.05) is 13.0 Å². The summed E-state index contributed by atoms with van der Waals surface area (Å²) in [6, 6.07) is -1.03. The molecule has 8 atom stereocenters. The zero-order valence-electron chi connectivity index (χ0n) is 20.9. The minimum Gasteiger partial charge on any atom is -0.480 e. The van der Waals surface area contributed by atoms with Crippen molar-refractivity contribution in [2.75, 3.05) is 13.2 Å². The molecule has 8 nitrogen and oxygen atoms in total. The lowest BCUT2D eigenvalue weighted by Gasteiger charge is -2.58. The van der Waals surface area contributed by atoms with Crippen LogP contribution >= 0.6 is 0 Å². The van der Waals surface area contributed by atoms with Crippen molar-refractivity contribution < 1.29 is 29.7 Å². The van der Waals surface area contributed by atoms with E-state index in [0.29, 0.717) is 23.5 Å². The fourth-order valence-electron chi connectivity index (χ4n) is 8.08. The highest BCUT2D eigenvalue weighted by Crippen LogP contribution is 2.66. The van der Waals surface area contributed by atoms with Crippen LogP contribution < -0.4 is 0 Å². The highest BCUT2D eigenvalue weighted by Gasteiger charge is 2.62. The first-order valence-electron chi connectivity index (χ1n) is 13.0. The smallest absolute Gasteiger partial charge is 0.326 e. The Labute approximate surface area is 206 Å². The lowest BCUT2D eigenvalue weighted by atomic mass is 9.47. The average Bonchev–Trinajstić information content (AvgIpc) is 3.31. The molecular formula is C27H38N2O6. The average molecular weight is 487 g/mol. The van der Waals surface area contributed by atoms with Crippen molar-refractivity contribution in [2.24, 2.45) is 33.7 Å². The highest BCUT2D eigenvalue weighted by atomic mass is 16.6. The molecule has 0 aromatic carbocycles. The number of fused-ring (bicyclic) bond motifs is 5. The number of allylic oxidation sites excluding steroid dienone is 4. The molecule has 0 spiro atoms. The summed E-state index contributed by atoms with van der Waals surface area (Å²) in [4.78, 5) is 30.3. The van der Waals surface area contributed by atoms with E-state index in [9.17, 15) is 24.9 Å². The molecule has 0 aromatic rings. The molecule has 4 aliphatic carbocycles. The Morgan fingerprint density at radius 1 is 1.17 bits per heavy atom. The number of aliphatic carboxylic acids is 1. The van der Waals surface area contributed by atoms with Gasteiger partial charge in [0.05, 0.1) is 11.7 Å². The van der Waals surface area contributed by atoms with Crippen LogP contribution in [0.3, 0.4) is 0 Å². The largest absolute Gasteiger partial charge is 0.480 e. The number of carbonyl (C=O) groups excluding carboxylic acids is 1. The lowest BCUT2D eigenvalue weighted by molar-refractivity contribution is -0.150. The summed E-state index contributed by atoms with van der Waals surface area (Å²) in [5.41, 5.74) is 1.39. The van der Waals surface area contributed by atoms with Gasteiger partial charge in [0.1, 0.15) is 11.8 Å². The number of carboxylic acid groups (broad SMARTS) is 1. The van der Waals surface area contributed by atoms with Gasteiger partial charge in [0, 0.05) is 18.4 Å². The summed E-state index contributed by atoms with van der Waals surface area (Å²) in [5.74, 6) is 0.101. The summed E-state index contributed by atoms with van der Waals surface area (Å²) in [6.07, 6.45) is 11.8. The van der Waals surface area contributed by atoms with Gasteiger partial charge >= 0.3 is 5.97 Å². The first-order valence-corrected chi connectivity index (χ1v) is 13.0. The van der Waals surface area contributed by atoms with Crippen LogP contribution in [0.1, 0.15) is 65.7 Å². The van der Waals surface area contributed by atoms with E-state index in [-0.39, 0.29) is 30.4 Å². The SMILES string of the molecule is C[C@]12C=C/C(=N\OCC(=O)N3C[C@H](O)C[C@@H]3C(=O)O)C=C1CC[C@@H]1[C@H]2CC[C@@]2(C)[C@H]1CC[C@]2(C)O. The van der Waals surface area contributed by atoms with E-state index >= 15 is 0 Å². The Balaban J connectivity index is 1.25. The van der Waals surface area contributed by atoms with E-state index in [1.165, 1.54) is 5.57 Å². The standard InChI is InChI=1S/C27H38N2O6/c1-25-9-6-17(28-35-15-23(31)29-14-18(30)13-22(29)24(32)33)12-16(25)4-5-19-20(25)7-10-26(2)21(19)8-11-27(26,3)34/h6,9,12,18-22,30,34H,4-5,7-8,10-11,13-15H2,1-3H3,(H,32,33)/b28-17+/t18-,19-,20-,21+,22-,25+,26+,27+/m1/s1. The highest BCUT2D eigenvalue weighted by molar-refractivity contribution is 6.05. The van der Waals surface area contributed by atoms with Crippen molar-refractivity contribution in [1.29, 1.82) is 0 Å². The fraction of sp³-hybridized carbons (Fsp3) is 0.741. The Hall–Kier alpha value is -2.19. The predicted octanol–water partition coefficient (Wildman–Crippen LogP) is 2.90. The molecule has 1 saturated heterocycles. The van der Waals surface area contributed by atoms with Crippen molar-refractivity contribution in [3.8, 4) is 0 Å². The number of aliphatic hydroxyl groups excluding tert-OH is 1. The van der Waals surface area contributed by atoms with Gasteiger partial charge in [-0.3, -0.25) is 4.79 Å². The molecule has 0 aromatic heterocycles. The second kappa shape index (κ2) is 8.44. The quantitative estimate of drug-likeness (QED) is 0.526. The third-order valence-electron chi connectivity index (χ3n) is 10.4. The van der Waals surface area contributed by atoms with Crippen molar-refractivity contribution in [2.45, 2.75) is 83.5 Å². The van der Waals surface area contributed by atoms with Gasteiger partial charge in [0.15, 0.2) is 6.61 Å². The first kappa shape index (κ1) is 24.5. The molecule has 3 N–H and O–H groups in total. The zero-order chi connectivity index (χ0) is 25.2.